The van der Waals surface area contributed by atoms with Crippen molar-refractivity contribution in [2.45, 2.75) is 32.9 Å². The maximum atomic E-state index is 12.3. The van der Waals surface area contributed by atoms with E-state index in [1.54, 1.807) is 0 Å². The topological polar surface area (TPSA) is 56.1 Å². The predicted octanol–water partition coefficient (Wildman–Crippen LogP) is 5.20. The van der Waals surface area contributed by atoms with Gasteiger partial charge >= 0.3 is 0 Å². The number of hydrogen-bond donors (Lipinski definition) is 1. The van der Waals surface area contributed by atoms with Crippen molar-refractivity contribution in [3.63, 3.8) is 0 Å². The van der Waals surface area contributed by atoms with Crippen molar-refractivity contribution in [1.29, 1.82) is 0 Å². The molecule has 0 bridgehead atoms. The molecule has 30 heavy (non-hydrogen) atoms. The van der Waals surface area contributed by atoms with E-state index < -0.39 is 0 Å². The quantitative estimate of drug-likeness (QED) is 0.380. The molecular weight excluding hydrogens is 394 g/mol. The van der Waals surface area contributed by atoms with Crippen LogP contribution in [0, 0.1) is 6.92 Å². The number of unbranched alkanes of at least 4 members (excludes halogenated alkanes) is 1. The highest BCUT2D eigenvalue weighted by atomic mass is 32.1. The summed E-state index contributed by atoms with van der Waals surface area (Å²) in [7, 11) is 0. The van der Waals surface area contributed by atoms with Crippen LogP contribution in [0.1, 0.15) is 33.9 Å². The van der Waals surface area contributed by atoms with Crippen molar-refractivity contribution in [3.8, 4) is 5.75 Å². The Morgan fingerprint density at radius 1 is 1.07 bits per heavy atom. The Balaban J connectivity index is 1.36. The number of carbonyl (C=O) groups excluding carboxylic acids is 1. The minimum atomic E-state index is -0.0601. The third kappa shape index (κ3) is 4.89. The lowest BCUT2D eigenvalue weighted by Crippen LogP contribution is -2.24. The van der Waals surface area contributed by atoms with Gasteiger partial charge in [-0.2, -0.15) is 0 Å². The first-order valence-electron chi connectivity index (χ1n) is 10.2. The van der Waals surface area contributed by atoms with Crippen molar-refractivity contribution >= 4 is 28.3 Å². The summed E-state index contributed by atoms with van der Waals surface area (Å²) in [5.41, 5.74) is 3.28. The number of ether oxygens (including phenoxy) is 1. The SMILES string of the molecule is Cc1ccc(OCCCCn2c(CNC(=O)c3cccs3)nc3ccccc32)cc1. The van der Waals surface area contributed by atoms with Crippen LogP contribution in [0.4, 0.5) is 0 Å². The summed E-state index contributed by atoms with van der Waals surface area (Å²) in [6, 6.07) is 19.9. The van der Waals surface area contributed by atoms with Gasteiger partial charge in [-0.05, 0) is 55.5 Å². The third-order valence-corrected chi connectivity index (χ3v) is 5.82. The molecule has 0 aliphatic heterocycles. The van der Waals surface area contributed by atoms with Gasteiger partial charge in [0, 0.05) is 6.54 Å². The van der Waals surface area contributed by atoms with E-state index in [2.05, 4.69) is 35.0 Å². The molecule has 1 amide bonds. The number of rotatable bonds is 9. The molecule has 4 aromatic rings. The Labute approximate surface area is 180 Å². The summed E-state index contributed by atoms with van der Waals surface area (Å²) in [5, 5.41) is 4.90. The smallest absolute Gasteiger partial charge is 0.261 e. The Morgan fingerprint density at radius 2 is 1.90 bits per heavy atom. The number of aryl methyl sites for hydroxylation is 2. The van der Waals surface area contributed by atoms with E-state index in [1.165, 1.54) is 16.9 Å². The largest absolute Gasteiger partial charge is 0.494 e. The molecule has 0 atom stereocenters. The molecule has 154 valence electrons. The number of benzene rings is 2. The summed E-state index contributed by atoms with van der Waals surface area (Å²) < 4.78 is 8.04. The summed E-state index contributed by atoms with van der Waals surface area (Å²) in [6.45, 7) is 3.99. The molecule has 0 saturated heterocycles. The zero-order valence-corrected chi connectivity index (χ0v) is 17.8. The van der Waals surface area contributed by atoms with Gasteiger partial charge in [-0.15, -0.1) is 11.3 Å². The maximum Gasteiger partial charge on any atom is 0.261 e. The number of carbonyl (C=O) groups is 1. The fourth-order valence-electron chi connectivity index (χ4n) is 3.36. The van der Waals surface area contributed by atoms with Crippen molar-refractivity contribution in [3.05, 3.63) is 82.3 Å². The molecule has 4 rings (SSSR count). The molecule has 2 heterocycles. The number of hydrogen-bond acceptors (Lipinski definition) is 4. The number of imidazole rings is 1. The lowest BCUT2D eigenvalue weighted by Gasteiger charge is -2.11. The van der Waals surface area contributed by atoms with E-state index in [0.717, 1.165) is 42.0 Å². The standard InChI is InChI=1S/C24H25N3O2S/c1-18-10-12-19(13-11-18)29-15-5-4-14-27-21-8-3-2-7-20(21)26-23(27)17-25-24(28)22-9-6-16-30-22/h2-3,6-13,16H,4-5,14-15,17H2,1H3,(H,25,28). The lowest BCUT2D eigenvalue weighted by atomic mass is 10.2. The Morgan fingerprint density at radius 3 is 2.70 bits per heavy atom. The Hall–Kier alpha value is -3.12. The van der Waals surface area contributed by atoms with E-state index in [0.29, 0.717) is 18.0 Å². The zero-order valence-electron chi connectivity index (χ0n) is 17.0. The number of aromatic nitrogens is 2. The van der Waals surface area contributed by atoms with Gasteiger partial charge in [-0.25, -0.2) is 4.98 Å². The maximum absolute atomic E-state index is 12.3. The molecule has 5 nitrogen and oxygen atoms in total. The molecule has 0 unspecified atom stereocenters. The minimum absolute atomic E-state index is 0.0601. The normalized spacial score (nSPS) is 11.0. The molecule has 6 heteroatoms. The monoisotopic (exact) mass is 419 g/mol. The molecule has 0 saturated carbocycles. The number of fused-ring (bicyclic) bond motifs is 1. The van der Waals surface area contributed by atoms with Gasteiger partial charge in [0.15, 0.2) is 0 Å². The first-order chi connectivity index (χ1) is 14.7. The summed E-state index contributed by atoms with van der Waals surface area (Å²) in [5.74, 6) is 1.72. The third-order valence-electron chi connectivity index (χ3n) is 4.95. The first-order valence-corrected chi connectivity index (χ1v) is 11.0. The van der Waals surface area contributed by atoms with Crippen LogP contribution in [0.2, 0.25) is 0 Å². The Kier molecular flexibility index (Phi) is 6.44. The van der Waals surface area contributed by atoms with Gasteiger partial charge in [-0.3, -0.25) is 4.79 Å². The molecule has 0 aliphatic rings. The van der Waals surface area contributed by atoms with Gasteiger partial charge in [0.2, 0.25) is 0 Å². The van der Waals surface area contributed by atoms with Crippen LogP contribution in [-0.4, -0.2) is 22.1 Å². The van der Waals surface area contributed by atoms with Gasteiger partial charge in [0.1, 0.15) is 11.6 Å². The average molecular weight is 420 g/mol. The molecule has 0 aliphatic carbocycles. The molecular formula is C24H25N3O2S. The van der Waals surface area contributed by atoms with Crippen LogP contribution in [0.5, 0.6) is 5.75 Å². The second kappa shape index (κ2) is 9.59. The predicted molar refractivity (Wildman–Crippen MR) is 121 cm³/mol. The molecule has 2 aromatic carbocycles. The van der Waals surface area contributed by atoms with Crippen LogP contribution < -0.4 is 10.1 Å². The first kappa shape index (κ1) is 20.2. The second-order valence-corrected chi connectivity index (χ2v) is 8.14. The van der Waals surface area contributed by atoms with Crippen molar-refractivity contribution in [1.82, 2.24) is 14.9 Å². The van der Waals surface area contributed by atoms with Gasteiger partial charge in [0.25, 0.3) is 5.91 Å². The molecule has 0 radical (unpaired) electrons. The highest BCUT2D eigenvalue weighted by Gasteiger charge is 2.12. The van der Waals surface area contributed by atoms with Crippen LogP contribution in [0.25, 0.3) is 11.0 Å². The second-order valence-electron chi connectivity index (χ2n) is 7.20. The van der Waals surface area contributed by atoms with Gasteiger partial charge in [0.05, 0.1) is 29.1 Å². The number of nitrogens with one attached hydrogen (secondary N) is 1. The number of nitrogens with zero attached hydrogens (tertiary/aromatic N) is 2. The van der Waals surface area contributed by atoms with E-state index in [4.69, 9.17) is 9.72 Å². The molecule has 1 N–H and O–H groups in total. The highest BCUT2D eigenvalue weighted by Crippen LogP contribution is 2.18. The number of para-hydroxylation sites is 2. The minimum Gasteiger partial charge on any atom is -0.494 e. The number of thiophene rings is 1. The number of amides is 1. The van der Waals surface area contributed by atoms with Gasteiger partial charge < -0.3 is 14.6 Å². The zero-order chi connectivity index (χ0) is 20.8. The van der Waals surface area contributed by atoms with Gasteiger partial charge in [-0.1, -0.05) is 35.9 Å². The molecule has 0 spiro atoms. The van der Waals surface area contributed by atoms with Crippen LogP contribution in [0.15, 0.2) is 66.0 Å². The van der Waals surface area contributed by atoms with Crippen LogP contribution in [0.3, 0.4) is 0 Å². The fourth-order valence-corrected chi connectivity index (χ4v) is 4.00. The molecule has 0 fully saturated rings. The summed E-state index contributed by atoms with van der Waals surface area (Å²) in [6.07, 6.45) is 1.92. The van der Waals surface area contributed by atoms with Crippen molar-refractivity contribution in [2.24, 2.45) is 0 Å². The van der Waals surface area contributed by atoms with Crippen LogP contribution in [-0.2, 0) is 13.1 Å². The van der Waals surface area contributed by atoms with Crippen LogP contribution >= 0.6 is 11.3 Å². The highest BCUT2D eigenvalue weighted by molar-refractivity contribution is 7.12. The summed E-state index contributed by atoms with van der Waals surface area (Å²) >= 11 is 1.44. The lowest BCUT2D eigenvalue weighted by molar-refractivity contribution is 0.0953. The van der Waals surface area contributed by atoms with Crippen molar-refractivity contribution < 1.29 is 9.53 Å². The fraction of sp³-hybridized carbons (Fsp3) is 0.250. The van der Waals surface area contributed by atoms with Crippen molar-refractivity contribution in [2.75, 3.05) is 6.61 Å². The van der Waals surface area contributed by atoms with E-state index >= 15 is 0 Å². The molecule has 2 aromatic heterocycles. The van der Waals surface area contributed by atoms with E-state index in [-0.39, 0.29) is 5.91 Å². The summed E-state index contributed by atoms with van der Waals surface area (Å²) in [4.78, 5) is 17.8. The average Bonchev–Trinajstić information content (AvgIpc) is 3.42. The Bertz CT molecular complexity index is 1100. The van der Waals surface area contributed by atoms with E-state index in [9.17, 15) is 4.79 Å². The van der Waals surface area contributed by atoms with E-state index in [1.807, 2.05) is 47.8 Å².